The zero-order chi connectivity index (χ0) is 21.4. The van der Waals surface area contributed by atoms with Crippen molar-refractivity contribution in [2.75, 3.05) is 26.4 Å². The third kappa shape index (κ3) is 4.74. The first kappa shape index (κ1) is 22.0. The lowest BCUT2D eigenvalue weighted by Crippen LogP contribution is -2.14. The smallest absolute Gasteiger partial charge is 0.309 e. The topological polar surface area (TPSA) is 42.3 Å². The van der Waals surface area contributed by atoms with E-state index in [2.05, 4.69) is 0 Å². The highest BCUT2D eigenvalue weighted by molar-refractivity contribution is 7.99. The van der Waals surface area contributed by atoms with Gasteiger partial charge in [-0.15, -0.1) is 11.8 Å². The third-order valence-electron chi connectivity index (χ3n) is 4.21. The molecule has 0 atom stereocenters. The molecule has 2 aromatic carbocycles. The van der Waals surface area contributed by atoms with Crippen molar-refractivity contribution >= 4 is 44.3 Å². The SMILES string of the molecule is CN(C)CCSc1cn(S(=O)(=O)c2cccc(C(F)(F)F)c2)c2ccc(Cl)cc12. The fourth-order valence-corrected chi connectivity index (χ4v) is 5.57. The van der Waals surface area contributed by atoms with Crippen LogP contribution in [0.1, 0.15) is 5.56 Å². The minimum Gasteiger partial charge on any atom is -0.309 e. The van der Waals surface area contributed by atoms with Crippen LogP contribution >= 0.6 is 23.4 Å². The van der Waals surface area contributed by atoms with Crippen LogP contribution in [-0.4, -0.2) is 43.7 Å². The van der Waals surface area contributed by atoms with Crippen molar-refractivity contribution in [2.24, 2.45) is 0 Å². The molecule has 0 amide bonds. The van der Waals surface area contributed by atoms with Gasteiger partial charge < -0.3 is 4.90 Å². The van der Waals surface area contributed by atoms with Crippen LogP contribution in [0.15, 0.2) is 58.5 Å². The molecule has 10 heteroatoms. The van der Waals surface area contributed by atoms with E-state index in [4.69, 9.17) is 11.6 Å². The maximum atomic E-state index is 13.2. The van der Waals surface area contributed by atoms with Crippen LogP contribution in [0.25, 0.3) is 10.9 Å². The zero-order valence-corrected chi connectivity index (χ0v) is 18.0. The Kier molecular flexibility index (Phi) is 6.24. The van der Waals surface area contributed by atoms with Gasteiger partial charge in [-0.3, -0.25) is 0 Å². The number of thioether (sulfide) groups is 1. The first-order chi connectivity index (χ1) is 13.5. The average Bonchev–Trinajstić information content (AvgIpc) is 2.99. The molecule has 0 saturated heterocycles. The number of fused-ring (bicyclic) bond motifs is 1. The summed E-state index contributed by atoms with van der Waals surface area (Å²) in [6, 6.07) is 8.50. The summed E-state index contributed by atoms with van der Waals surface area (Å²) in [6.45, 7) is 0.776. The Bertz CT molecular complexity index is 1140. The Morgan fingerprint density at radius 3 is 2.52 bits per heavy atom. The molecule has 0 N–H and O–H groups in total. The number of alkyl halides is 3. The van der Waals surface area contributed by atoms with E-state index in [1.165, 1.54) is 18.0 Å². The molecular formula is C19H18ClF3N2O2S2. The predicted octanol–water partition coefficient (Wildman–Crippen LogP) is 5.20. The van der Waals surface area contributed by atoms with Crippen molar-refractivity contribution in [3.8, 4) is 0 Å². The lowest BCUT2D eigenvalue weighted by atomic mass is 10.2. The second-order valence-electron chi connectivity index (χ2n) is 6.63. The Hall–Kier alpha value is -1.68. The number of rotatable bonds is 6. The summed E-state index contributed by atoms with van der Waals surface area (Å²) >= 11 is 7.55. The van der Waals surface area contributed by atoms with Gasteiger partial charge in [-0.25, -0.2) is 12.4 Å². The monoisotopic (exact) mass is 462 g/mol. The minimum atomic E-state index is -4.63. The molecule has 0 unspecified atom stereocenters. The van der Waals surface area contributed by atoms with Crippen LogP contribution in [0.3, 0.4) is 0 Å². The fourth-order valence-electron chi connectivity index (χ4n) is 2.74. The largest absolute Gasteiger partial charge is 0.416 e. The van der Waals surface area contributed by atoms with Crippen LogP contribution in [-0.2, 0) is 16.2 Å². The first-order valence-electron chi connectivity index (χ1n) is 8.51. The Morgan fingerprint density at radius 2 is 1.86 bits per heavy atom. The van der Waals surface area contributed by atoms with Gasteiger partial charge in [0.05, 0.1) is 16.0 Å². The molecule has 0 aliphatic rings. The quantitative estimate of drug-likeness (QED) is 0.472. The molecule has 0 saturated carbocycles. The van der Waals surface area contributed by atoms with Crippen molar-refractivity contribution in [2.45, 2.75) is 16.0 Å². The van der Waals surface area contributed by atoms with Crippen molar-refractivity contribution in [1.82, 2.24) is 8.87 Å². The normalized spacial score (nSPS) is 12.8. The standard InChI is InChI=1S/C19H18ClF3N2O2S2/c1-24(2)8-9-28-18-12-25(17-7-6-14(20)11-16(17)18)29(26,27)15-5-3-4-13(10-15)19(21,22)23/h3-7,10-12H,8-9H2,1-2H3. The van der Waals surface area contributed by atoms with E-state index in [0.717, 1.165) is 28.7 Å². The van der Waals surface area contributed by atoms with E-state index >= 15 is 0 Å². The Labute approximate surface area is 176 Å². The molecule has 0 bridgehead atoms. The summed E-state index contributed by atoms with van der Waals surface area (Å²) < 4.78 is 66.4. The lowest BCUT2D eigenvalue weighted by molar-refractivity contribution is -0.137. The predicted molar refractivity (Wildman–Crippen MR) is 110 cm³/mol. The molecule has 0 aliphatic carbocycles. The second-order valence-corrected chi connectivity index (χ2v) is 10.0. The van der Waals surface area contributed by atoms with E-state index in [-0.39, 0.29) is 0 Å². The van der Waals surface area contributed by atoms with Gasteiger partial charge in [-0.05, 0) is 50.5 Å². The molecule has 0 radical (unpaired) electrons. The third-order valence-corrected chi connectivity index (χ3v) is 7.14. The van der Waals surface area contributed by atoms with Crippen LogP contribution < -0.4 is 0 Å². The fraction of sp³-hybridized carbons (Fsp3) is 0.263. The van der Waals surface area contributed by atoms with Gasteiger partial charge in [-0.1, -0.05) is 17.7 Å². The highest BCUT2D eigenvalue weighted by Gasteiger charge is 2.32. The molecule has 0 spiro atoms. The summed E-state index contributed by atoms with van der Waals surface area (Å²) in [5.74, 6) is 0.711. The summed E-state index contributed by atoms with van der Waals surface area (Å²) in [7, 11) is -0.373. The van der Waals surface area contributed by atoms with Gasteiger partial charge in [0, 0.05) is 33.8 Å². The summed E-state index contributed by atoms with van der Waals surface area (Å²) in [5.41, 5.74) is -0.655. The molecule has 3 aromatic rings. The van der Waals surface area contributed by atoms with E-state index < -0.39 is 26.7 Å². The lowest BCUT2D eigenvalue weighted by Gasteiger charge is -2.11. The Balaban J connectivity index is 2.11. The van der Waals surface area contributed by atoms with Gasteiger partial charge in [0.2, 0.25) is 0 Å². The first-order valence-corrected chi connectivity index (χ1v) is 11.3. The van der Waals surface area contributed by atoms with Crippen LogP contribution in [0.4, 0.5) is 13.2 Å². The maximum Gasteiger partial charge on any atom is 0.416 e. The van der Waals surface area contributed by atoms with Crippen LogP contribution in [0, 0.1) is 0 Å². The molecule has 0 aliphatic heterocycles. The molecule has 4 nitrogen and oxygen atoms in total. The molecular weight excluding hydrogens is 445 g/mol. The van der Waals surface area contributed by atoms with Crippen molar-refractivity contribution in [3.63, 3.8) is 0 Å². The Morgan fingerprint density at radius 1 is 1.14 bits per heavy atom. The van der Waals surface area contributed by atoms with E-state index in [9.17, 15) is 21.6 Å². The summed E-state index contributed by atoms with van der Waals surface area (Å²) in [5, 5.41) is 1.08. The molecule has 1 heterocycles. The molecule has 1 aromatic heterocycles. The van der Waals surface area contributed by atoms with Crippen LogP contribution in [0.5, 0.6) is 0 Å². The van der Waals surface area contributed by atoms with E-state index in [0.29, 0.717) is 32.6 Å². The number of benzene rings is 2. The van der Waals surface area contributed by atoms with Gasteiger partial charge in [-0.2, -0.15) is 13.2 Å². The minimum absolute atomic E-state index is 0.360. The van der Waals surface area contributed by atoms with Gasteiger partial charge in [0.15, 0.2) is 0 Å². The molecule has 156 valence electrons. The number of aromatic nitrogens is 1. The van der Waals surface area contributed by atoms with Gasteiger partial charge in [0.1, 0.15) is 0 Å². The highest BCUT2D eigenvalue weighted by atomic mass is 35.5. The second kappa shape index (κ2) is 8.22. The number of hydrogen-bond donors (Lipinski definition) is 0. The molecule has 0 fully saturated rings. The van der Waals surface area contributed by atoms with Crippen molar-refractivity contribution in [1.29, 1.82) is 0 Å². The summed E-state index contributed by atoms with van der Waals surface area (Å²) in [6.07, 6.45) is -3.19. The number of halogens is 4. The van der Waals surface area contributed by atoms with Crippen molar-refractivity contribution in [3.05, 3.63) is 59.2 Å². The highest BCUT2D eigenvalue weighted by Crippen LogP contribution is 2.35. The zero-order valence-electron chi connectivity index (χ0n) is 15.6. The molecule has 29 heavy (non-hydrogen) atoms. The molecule has 3 rings (SSSR count). The summed E-state index contributed by atoms with van der Waals surface area (Å²) in [4.78, 5) is 2.27. The number of nitrogens with zero attached hydrogens (tertiary/aromatic N) is 2. The van der Waals surface area contributed by atoms with Crippen molar-refractivity contribution < 1.29 is 21.6 Å². The van der Waals surface area contributed by atoms with Crippen LogP contribution in [0.2, 0.25) is 5.02 Å². The van der Waals surface area contributed by atoms with Gasteiger partial charge in [0.25, 0.3) is 10.0 Å². The average molecular weight is 463 g/mol. The van der Waals surface area contributed by atoms with Gasteiger partial charge >= 0.3 is 6.18 Å². The van der Waals surface area contributed by atoms with E-state index in [1.807, 2.05) is 19.0 Å². The maximum absolute atomic E-state index is 13.2. The number of hydrogen-bond acceptors (Lipinski definition) is 4. The van der Waals surface area contributed by atoms with E-state index in [1.54, 1.807) is 18.2 Å².